The second kappa shape index (κ2) is 13.1. The number of hydrogen-bond donors (Lipinski definition) is 1. The van der Waals surface area contributed by atoms with Crippen LogP contribution < -0.4 is 9.62 Å². The molecule has 0 saturated carbocycles. The van der Waals surface area contributed by atoms with Crippen molar-refractivity contribution in [3.63, 3.8) is 0 Å². The van der Waals surface area contributed by atoms with E-state index >= 15 is 0 Å². The first-order valence-corrected chi connectivity index (χ1v) is 15.0. The summed E-state index contributed by atoms with van der Waals surface area (Å²) >= 11 is 0. The van der Waals surface area contributed by atoms with Crippen LogP contribution in [0.25, 0.3) is 0 Å². The zero-order valence-corrected chi connectivity index (χ0v) is 25.4. The predicted molar refractivity (Wildman–Crippen MR) is 161 cm³/mol. The number of rotatable bonds is 11. The number of anilines is 1. The quantitative estimate of drug-likeness (QED) is 0.343. The van der Waals surface area contributed by atoms with Crippen molar-refractivity contribution < 1.29 is 18.0 Å². The molecule has 0 aliphatic heterocycles. The van der Waals surface area contributed by atoms with E-state index in [0.29, 0.717) is 12.2 Å². The molecule has 0 bridgehead atoms. The number of aryl methyl sites for hydroxylation is 3. The van der Waals surface area contributed by atoms with E-state index in [1.165, 1.54) is 9.21 Å². The average molecular weight is 564 g/mol. The Labute approximate surface area is 239 Å². The number of carbonyl (C=O) groups is 2. The minimum Gasteiger partial charge on any atom is -0.354 e. The van der Waals surface area contributed by atoms with Gasteiger partial charge in [-0.05, 0) is 81.0 Å². The molecule has 0 fully saturated rings. The predicted octanol–water partition coefficient (Wildman–Crippen LogP) is 5.31. The zero-order chi connectivity index (χ0) is 29.6. The first-order chi connectivity index (χ1) is 18.8. The minimum absolute atomic E-state index is 0.0972. The number of nitrogens with one attached hydrogen (secondary N) is 1. The Hall–Kier alpha value is -3.65. The van der Waals surface area contributed by atoms with E-state index in [0.717, 1.165) is 27.8 Å². The van der Waals surface area contributed by atoms with Crippen molar-refractivity contribution in [2.24, 2.45) is 5.92 Å². The first kappa shape index (κ1) is 30.9. The lowest BCUT2D eigenvalue weighted by atomic mass is 10.1. The molecule has 40 heavy (non-hydrogen) atoms. The van der Waals surface area contributed by atoms with E-state index in [-0.39, 0.29) is 23.3 Å². The summed E-state index contributed by atoms with van der Waals surface area (Å²) in [6, 6.07) is 18.9. The number of nitrogens with zero attached hydrogens (tertiary/aromatic N) is 2. The fraction of sp³-hybridized carbons (Fsp3) is 0.375. The molecule has 7 nitrogen and oxygen atoms in total. The number of benzene rings is 3. The van der Waals surface area contributed by atoms with E-state index < -0.39 is 28.5 Å². The van der Waals surface area contributed by atoms with Crippen LogP contribution in [0.5, 0.6) is 0 Å². The van der Waals surface area contributed by atoms with Gasteiger partial charge in [-0.2, -0.15) is 0 Å². The highest BCUT2D eigenvalue weighted by atomic mass is 32.2. The lowest BCUT2D eigenvalue weighted by molar-refractivity contribution is -0.139. The third-order valence-electron chi connectivity index (χ3n) is 7.19. The topological polar surface area (TPSA) is 86.8 Å². The van der Waals surface area contributed by atoms with Crippen molar-refractivity contribution in [1.82, 2.24) is 10.2 Å². The molecule has 1 N–H and O–H groups in total. The van der Waals surface area contributed by atoms with Crippen LogP contribution in [-0.2, 0) is 26.2 Å². The summed E-state index contributed by atoms with van der Waals surface area (Å²) in [6.45, 7) is 13.5. The monoisotopic (exact) mass is 563 g/mol. The Balaban J connectivity index is 2.07. The molecule has 3 aromatic carbocycles. The summed E-state index contributed by atoms with van der Waals surface area (Å²) in [5, 5.41) is 2.92. The number of sulfonamides is 1. The van der Waals surface area contributed by atoms with Crippen LogP contribution in [0.15, 0.2) is 71.6 Å². The van der Waals surface area contributed by atoms with Crippen LogP contribution in [0.4, 0.5) is 5.69 Å². The Morgan fingerprint density at radius 1 is 0.825 bits per heavy atom. The number of carbonyl (C=O) groups excluding carboxylic acids is 2. The van der Waals surface area contributed by atoms with Crippen LogP contribution in [0.2, 0.25) is 0 Å². The summed E-state index contributed by atoms with van der Waals surface area (Å²) in [5.74, 6) is -0.501. The molecule has 0 saturated heterocycles. The van der Waals surface area contributed by atoms with Gasteiger partial charge in [0.05, 0.1) is 10.6 Å². The van der Waals surface area contributed by atoms with E-state index in [1.54, 1.807) is 43.3 Å². The van der Waals surface area contributed by atoms with E-state index in [9.17, 15) is 18.0 Å². The zero-order valence-electron chi connectivity index (χ0n) is 24.6. The summed E-state index contributed by atoms with van der Waals surface area (Å²) < 4.78 is 29.2. The van der Waals surface area contributed by atoms with Crippen LogP contribution >= 0.6 is 0 Å². The van der Waals surface area contributed by atoms with Crippen molar-refractivity contribution in [2.45, 2.75) is 65.9 Å². The van der Waals surface area contributed by atoms with Gasteiger partial charge in [0, 0.05) is 13.1 Å². The van der Waals surface area contributed by atoms with Crippen LogP contribution in [0, 0.1) is 33.6 Å². The maximum absolute atomic E-state index is 14.1. The van der Waals surface area contributed by atoms with Crippen molar-refractivity contribution >= 4 is 27.5 Å². The lowest BCUT2D eigenvalue weighted by Crippen LogP contribution is -2.51. The molecule has 214 valence electrons. The normalized spacial score (nSPS) is 12.2. The van der Waals surface area contributed by atoms with Gasteiger partial charge in [0.2, 0.25) is 11.8 Å². The summed E-state index contributed by atoms with van der Waals surface area (Å²) in [4.78, 5) is 28.8. The molecule has 0 spiro atoms. The Morgan fingerprint density at radius 2 is 1.45 bits per heavy atom. The van der Waals surface area contributed by atoms with Gasteiger partial charge in [-0.3, -0.25) is 13.9 Å². The molecule has 3 aromatic rings. The molecule has 3 rings (SSSR count). The fourth-order valence-corrected chi connectivity index (χ4v) is 5.83. The molecule has 0 aliphatic rings. The highest BCUT2D eigenvalue weighted by Crippen LogP contribution is 2.29. The van der Waals surface area contributed by atoms with Gasteiger partial charge in [0.1, 0.15) is 12.6 Å². The third-order valence-corrected chi connectivity index (χ3v) is 8.96. The van der Waals surface area contributed by atoms with Gasteiger partial charge in [-0.25, -0.2) is 8.42 Å². The minimum atomic E-state index is -4.10. The Bertz CT molecular complexity index is 1450. The Morgan fingerprint density at radius 3 is 2.08 bits per heavy atom. The van der Waals surface area contributed by atoms with Crippen molar-refractivity contribution in [2.75, 3.05) is 17.4 Å². The van der Waals surface area contributed by atoms with Gasteiger partial charge in [-0.15, -0.1) is 0 Å². The van der Waals surface area contributed by atoms with E-state index in [2.05, 4.69) is 5.32 Å². The van der Waals surface area contributed by atoms with E-state index in [4.69, 9.17) is 0 Å². The lowest BCUT2D eigenvalue weighted by Gasteiger charge is -2.33. The van der Waals surface area contributed by atoms with Crippen molar-refractivity contribution in [3.05, 3.63) is 94.5 Å². The molecule has 0 heterocycles. The summed E-state index contributed by atoms with van der Waals surface area (Å²) in [5.41, 5.74) is 4.90. The second-order valence-electron chi connectivity index (χ2n) is 10.8. The average Bonchev–Trinajstić information content (AvgIpc) is 2.91. The second-order valence-corrected chi connectivity index (χ2v) is 12.7. The number of hydrogen-bond acceptors (Lipinski definition) is 4. The van der Waals surface area contributed by atoms with Gasteiger partial charge >= 0.3 is 0 Å². The van der Waals surface area contributed by atoms with Gasteiger partial charge < -0.3 is 10.2 Å². The molecular formula is C32H41N3O4S. The largest absolute Gasteiger partial charge is 0.354 e. The van der Waals surface area contributed by atoms with Crippen LogP contribution in [-0.4, -0.2) is 44.3 Å². The molecule has 8 heteroatoms. The Kier molecular flexibility index (Phi) is 10.1. The number of amides is 2. The maximum Gasteiger partial charge on any atom is 0.264 e. The molecule has 0 radical (unpaired) electrons. The van der Waals surface area contributed by atoms with Gasteiger partial charge in [0.25, 0.3) is 10.0 Å². The standard InChI is InChI=1S/C32H41N3O4S/c1-22(2)19-33-32(37)27(7)34(20-28-13-9-8-11-25(28)5)31(36)21-35(30-14-10-12-24(4)26(30)6)40(38,39)29-17-15-23(3)16-18-29/h8-18,22,27H,19-21H2,1-7H3,(H,33,37)/t27-/m1/s1. The molecule has 0 aliphatic carbocycles. The smallest absolute Gasteiger partial charge is 0.264 e. The van der Waals surface area contributed by atoms with Gasteiger partial charge in [-0.1, -0.05) is 67.9 Å². The van der Waals surface area contributed by atoms with E-state index in [1.807, 2.05) is 71.9 Å². The van der Waals surface area contributed by atoms with Crippen molar-refractivity contribution in [1.29, 1.82) is 0 Å². The molecular weight excluding hydrogens is 522 g/mol. The highest BCUT2D eigenvalue weighted by Gasteiger charge is 2.33. The molecule has 2 amide bonds. The fourth-order valence-electron chi connectivity index (χ4n) is 4.36. The van der Waals surface area contributed by atoms with Crippen molar-refractivity contribution in [3.8, 4) is 0 Å². The maximum atomic E-state index is 14.1. The first-order valence-electron chi connectivity index (χ1n) is 13.6. The molecule has 1 atom stereocenters. The molecule has 0 aromatic heterocycles. The summed E-state index contributed by atoms with van der Waals surface area (Å²) in [6.07, 6.45) is 0. The summed E-state index contributed by atoms with van der Waals surface area (Å²) in [7, 11) is -4.10. The van der Waals surface area contributed by atoms with Crippen LogP contribution in [0.3, 0.4) is 0 Å². The SMILES string of the molecule is Cc1ccc(S(=O)(=O)N(CC(=O)N(Cc2ccccc2C)[C@H](C)C(=O)NCC(C)C)c2cccc(C)c2C)cc1. The third kappa shape index (κ3) is 7.30. The van der Waals surface area contributed by atoms with Crippen LogP contribution in [0.1, 0.15) is 48.6 Å². The highest BCUT2D eigenvalue weighted by molar-refractivity contribution is 7.92. The molecule has 0 unspecified atom stereocenters. The van der Waals surface area contributed by atoms with Gasteiger partial charge in [0.15, 0.2) is 0 Å².